The molecule has 0 aliphatic carbocycles. The van der Waals surface area contributed by atoms with E-state index in [1.54, 1.807) is 32.0 Å². The monoisotopic (exact) mass is 392 g/mol. The van der Waals surface area contributed by atoms with Gasteiger partial charge in [-0.1, -0.05) is 35.3 Å². The summed E-state index contributed by atoms with van der Waals surface area (Å²) >= 11 is 12.2. The number of rotatable bonds is 4. The summed E-state index contributed by atoms with van der Waals surface area (Å²) < 4.78 is 13.5. The number of nitrogens with zero attached hydrogens (tertiary/aromatic N) is 1. The van der Waals surface area contributed by atoms with Gasteiger partial charge in [0.2, 0.25) is 0 Å². The Hall–Kier alpha value is -2.37. The highest BCUT2D eigenvalue weighted by molar-refractivity contribution is 6.41. The Bertz CT molecular complexity index is 941. The molecule has 134 valence electrons. The number of hydrogen-bond donors (Lipinski definition) is 1. The van der Waals surface area contributed by atoms with Crippen LogP contribution in [0.4, 0.5) is 10.1 Å². The van der Waals surface area contributed by atoms with E-state index in [4.69, 9.17) is 23.2 Å². The lowest BCUT2D eigenvalue weighted by molar-refractivity contribution is -0.138. The molecule has 1 aliphatic rings. The van der Waals surface area contributed by atoms with E-state index in [2.05, 4.69) is 5.32 Å². The molecule has 1 heterocycles. The van der Waals surface area contributed by atoms with Gasteiger partial charge in [-0.15, -0.1) is 0 Å². The van der Waals surface area contributed by atoms with Crippen molar-refractivity contribution < 1.29 is 14.0 Å². The van der Waals surface area contributed by atoms with Crippen molar-refractivity contribution in [1.29, 1.82) is 0 Å². The molecule has 2 aromatic rings. The van der Waals surface area contributed by atoms with Crippen LogP contribution in [0, 0.1) is 5.82 Å². The topological polar surface area (TPSA) is 49.4 Å². The van der Waals surface area contributed by atoms with E-state index in [0.29, 0.717) is 16.3 Å². The highest BCUT2D eigenvalue weighted by Gasteiger charge is 2.41. The van der Waals surface area contributed by atoms with Crippen molar-refractivity contribution in [1.82, 2.24) is 4.90 Å². The smallest absolute Gasteiger partial charge is 0.278 e. The summed E-state index contributed by atoms with van der Waals surface area (Å²) in [6.07, 6.45) is 0. The number of anilines is 1. The van der Waals surface area contributed by atoms with Gasteiger partial charge in [0, 0.05) is 22.3 Å². The summed E-state index contributed by atoms with van der Waals surface area (Å²) in [7, 11) is 0. The molecular weight excluding hydrogens is 378 g/mol. The summed E-state index contributed by atoms with van der Waals surface area (Å²) in [5, 5.41) is 3.53. The molecule has 1 aliphatic heterocycles. The molecule has 1 N–H and O–H groups in total. The van der Waals surface area contributed by atoms with E-state index < -0.39 is 17.6 Å². The molecule has 0 bridgehead atoms. The summed E-state index contributed by atoms with van der Waals surface area (Å²) in [6, 6.07) is 9.97. The van der Waals surface area contributed by atoms with Crippen molar-refractivity contribution in [2.45, 2.75) is 19.9 Å². The van der Waals surface area contributed by atoms with Crippen LogP contribution >= 0.6 is 23.2 Å². The van der Waals surface area contributed by atoms with Crippen LogP contribution in [0.1, 0.15) is 19.4 Å². The first-order valence-corrected chi connectivity index (χ1v) is 8.65. The van der Waals surface area contributed by atoms with Crippen LogP contribution in [0.3, 0.4) is 0 Å². The van der Waals surface area contributed by atoms with Gasteiger partial charge in [-0.05, 0) is 44.2 Å². The third-order valence-electron chi connectivity index (χ3n) is 3.93. The van der Waals surface area contributed by atoms with Gasteiger partial charge in [0.25, 0.3) is 11.8 Å². The standard InChI is InChI=1S/C19H15Cl2FN2O2/c1-10(2)24-18(25)16(14-7-6-11(20)8-15(14)21)17(19(24)26)23-13-5-3-4-12(22)9-13/h3-10,23H,1-2H3. The van der Waals surface area contributed by atoms with Crippen LogP contribution in [0.25, 0.3) is 5.57 Å². The molecule has 2 amide bonds. The molecule has 7 heteroatoms. The maximum Gasteiger partial charge on any atom is 0.278 e. The Balaban J connectivity index is 2.16. The number of carbonyl (C=O) groups excluding carboxylic acids is 2. The first kappa shape index (κ1) is 18.4. The zero-order valence-corrected chi connectivity index (χ0v) is 15.5. The fraction of sp³-hybridized carbons (Fsp3) is 0.158. The highest BCUT2D eigenvalue weighted by Crippen LogP contribution is 2.36. The molecule has 0 saturated carbocycles. The average Bonchev–Trinajstić information content (AvgIpc) is 2.79. The Morgan fingerprint density at radius 3 is 2.38 bits per heavy atom. The molecule has 4 nitrogen and oxygen atoms in total. The van der Waals surface area contributed by atoms with E-state index in [1.165, 1.54) is 24.3 Å². The van der Waals surface area contributed by atoms with Gasteiger partial charge in [0.05, 0.1) is 10.6 Å². The Labute approximate surface area is 160 Å². The summed E-state index contributed by atoms with van der Waals surface area (Å²) in [4.78, 5) is 26.9. The second-order valence-electron chi connectivity index (χ2n) is 6.08. The lowest BCUT2D eigenvalue weighted by Gasteiger charge is -2.19. The highest BCUT2D eigenvalue weighted by atomic mass is 35.5. The Morgan fingerprint density at radius 2 is 1.77 bits per heavy atom. The van der Waals surface area contributed by atoms with Gasteiger partial charge in [-0.3, -0.25) is 14.5 Å². The van der Waals surface area contributed by atoms with Gasteiger partial charge in [0.1, 0.15) is 11.5 Å². The van der Waals surface area contributed by atoms with Crippen LogP contribution in [0.15, 0.2) is 48.2 Å². The van der Waals surface area contributed by atoms with Gasteiger partial charge < -0.3 is 5.32 Å². The molecule has 0 spiro atoms. The predicted molar refractivity (Wildman–Crippen MR) is 100 cm³/mol. The van der Waals surface area contributed by atoms with Crippen LogP contribution in [0.5, 0.6) is 0 Å². The van der Waals surface area contributed by atoms with Crippen molar-refractivity contribution in [3.05, 3.63) is 69.6 Å². The SMILES string of the molecule is CC(C)N1C(=O)C(Nc2cccc(F)c2)=C(c2ccc(Cl)cc2Cl)C1=O. The van der Waals surface area contributed by atoms with E-state index in [0.717, 1.165) is 4.90 Å². The third kappa shape index (κ3) is 3.32. The Kier molecular flexibility index (Phi) is 5.03. The lowest BCUT2D eigenvalue weighted by Crippen LogP contribution is -2.38. The van der Waals surface area contributed by atoms with Gasteiger partial charge in [-0.2, -0.15) is 0 Å². The van der Waals surface area contributed by atoms with Gasteiger partial charge in [-0.25, -0.2) is 4.39 Å². The molecule has 0 saturated heterocycles. The molecule has 2 aromatic carbocycles. The summed E-state index contributed by atoms with van der Waals surface area (Å²) in [5.41, 5.74) is 0.930. The first-order chi connectivity index (χ1) is 12.3. The molecule has 0 aromatic heterocycles. The first-order valence-electron chi connectivity index (χ1n) is 7.89. The fourth-order valence-corrected chi connectivity index (χ4v) is 3.29. The minimum Gasteiger partial charge on any atom is -0.350 e. The molecule has 26 heavy (non-hydrogen) atoms. The van der Waals surface area contributed by atoms with Crippen molar-refractivity contribution in [2.24, 2.45) is 0 Å². The molecule has 0 radical (unpaired) electrons. The molecule has 0 atom stereocenters. The number of nitrogens with one attached hydrogen (secondary N) is 1. The minimum absolute atomic E-state index is 0.0542. The van der Waals surface area contributed by atoms with E-state index in [9.17, 15) is 14.0 Å². The maximum absolute atomic E-state index is 13.5. The minimum atomic E-state index is -0.490. The molecule has 3 rings (SSSR count). The second-order valence-corrected chi connectivity index (χ2v) is 6.93. The van der Waals surface area contributed by atoms with Crippen molar-refractivity contribution in [3.63, 3.8) is 0 Å². The van der Waals surface area contributed by atoms with Gasteiger partial charge in [0.15, 0.2) is 0 Å². The van der Waals surface area contributed by atoms with Crippen molar-refractivity contribution >= 4 is 46.3 Å². The molecular formula is C19H15Cl2FN2O2. The van der Waals surface area contributed by atoms with Crippen LogP contribution < -0.4 is 5.32 Å². The van der Waals surface area contributed by atoms with Crippen LogP contribution in [-0.4, -0.2) is 22.8 Å². The quantitative estimate of drug-likeness (QED) is 0.764. The predicted octanol–water partition coefficient (Wildman–Crippen LogP) is 4.73. The van der Waals surface area contributed by atoms with E-state index in [1.807, 2.05) is 0 Å². The second kappa shape index (κ2) is 7.09. The maximum atomic E-state index is 13.5. The number of halogens is 3. The summed E-state index contributed by atoms with van der Waals surface area (Å²) in [6.45, 7) is 3.48. The fourth-order valence-electron chi connectivity index (χ4n) is 2.78. The normalized spacial score (nSPS) is 14.6. The number of hydrogen-bond acceptors (Lipinski definition) is 3. The largest absolute Gasteiger partial charge is 0.350 e. The zero-order valence-electron chi connectivity index (χ0n) is 14.0. The van der Waals surface area contributed by atoms with Gasteiger partial charge >= 0.3 is 0 Å². The van der Waals surface area contributed by atoms with E-state index in [-0.39, 0.29) is 22.3 Å². The van der Waals surface area contributed by atoms with Crippen LogP contribution in [-0.2, 0) is 9.59 Å². The third-order valence-corrected chi connectivity index (χ3v) is 4.47. The van der Waals surface area contributed by atoms with Crippen molar-refractivity contribution in [2.75, 3.05) is 5.32 Å². The lowest BCUT2D eigenvalue weighted by atomic mass is 10.0. The molecule has 0 unspecified atom stereocenters. The number of benzene rings is 2. The average molecular weight is 393 g/mol. The van der Waals surface area contributed by atoms with Crippen molar-refractivity contribution in [3.8, 4) is 0 Å². The van der Waals surface area contributed by atoms with Crippen LogP contribution in [0.2, 0.25) is 10.0 Å². The van der Waals surface area contributed by atoms with E-state index >= 15 is 0 Å². The number of carbonyl (C=O) groups is 2. The summed E-state index contributed by atoms with van der Waals surface area (Å²) in [5.74, 6) is -1.41. The number of amides is 2. The number of imide groups is 1. The zero-order chi connectivity index (χ0) is 19.0. The Morgan fingerprint density at radius 1 is 1.04 bits per heavy atom. The molecule has 0 fully saturated rings.